The largest absolute Gasteiger partial charge is 0.484 e. The summed E-state index contributed by atoms with van der Waals surface area (Å²) in [6.45, 7) is 0.105. The van der Waals surface area contributed by atoms with Crippen LogP contribution in [0, 0.1) is 5.92 Å². The molecule has 25 heavy (non-hydrogen) atoms. The van der Waals surface area contributed by atoms with Crippen LogP contribution < -0.4 is 10.1 Å². The normalized spacial score (nSPS) is 22.1. The number of carbonyl (C=O) groups excluding carboxylic acids is 1. The van der Waals surface area contributed by atoms with Crippen LogP contribution in [0.4, 0.5) is 0 Å². The summed E-state index contributed by atoms with van der Waals surface area (Å²) >= 11 is 0. The van der Waals surface area contributed by atoms with Crippen LogP contribution in [0.1, 0.15) is 30.6 Å². The maximum Gasteiger partial charge on any atom is 0.258 e. The Bertz CT molecular complexity index is 807. The van der Waals surface area contributed by atoms with Crippen molar-refractivity contribution >= 4 is 16.9 Å². The fraction of sp³-hybridized carbons (Fsp3) is 0.450. The first-order valence-corrected chi connectivity index (χ1v) is 8.98. The Morgan fingerprint density at radius 2 is 2.16 bits per heavy atom. The number of aryl methyl sites for hydroxylation is 2. The third-order valence-corrected chi connectivity index (χ3v) is 5.05. The minimum Gasteiger partial charge on any atom is -0.484 e. The molecule has 0 radical (unpaired) electrons. The van der Waals surface area contributed by atoms with Crippen molar-refractivity contribution < 1.29 is 19.1 Å². The molecule has 0 unspecified atom stereocenters. The highest BCUT2D eigenvalue weighted by Crippen LogP contribution is 2.33. The summed E-state index contributed by atoms with van der Waals surface area (Å²) in [6.07, 6.45) is 9.06. The van der Waals surface area contributed by atoms with Gasteiger partial charge in [0.25, 0.3) is 5.91 Å². The zero-order chi connectivity index (χ0) is 17.2. The van der Waals surface area contributed by atoms with E-state index in [1.54, 1.807) is 0 Å². The van der Waals surface area contributed by atoms with Crippen LogP contribution >= 0.6 is 0 Å². The number of hydrogen-bond acceptors (Lipinski definition) is 4. The van der Waals surface area contributed by atoms with Crippen molar-refractivity contribution in [3.63, 3.8) is 0 Å². The van der Waals surface area contributed by atoms with Crippen molar-refractivity contribution in [2.24, 2.45) is 5.92 Å². The minimum absolute atomic E-state index is 0.0142. The first kappa shape index (κ1) is 16.2. The topological polar surface area (TPSA) is 71.7 Å². The highest BCUT2D eigenvalue weighted by Gasteiger charge is 2.20. The van der Waals surface area contributed by atoms with Gasteiger partial charge in [-0.15, -0.1) is 0 Å². The van der Waals surface area contributed by atoms with Gasteiger partial charge in [-0.2, -0.15) is 0 Å². The van der Waals surface area contributed by atoms with Gasteiger partial charge in [0.05, 0.1) is 0 Å². The van der Waals surface area contributed by atoms with Gasteiger partial charge in [-0.05, 0) is 43.9 Å². The number of hydrogen-bond donors (Lipinski definition) is 2. The lowest BCUT2D eigenvalue weighted by molar-refractivity contribution is -0.123. The number of ether oxygens (including phenoxy) is 1. The molecule has 0 bridgehead atoms. The molecule has 0 saturated carbocycles. The lowest BCUT2D eigenvalue weighted by atomic mass is 9.96. The van der Waals surface area contributed by atoms with E-state index in [-0.39, 0.29) is 31.1 Å². The standard InChI is InChI=1S/C20H23NO4/c22-11-13-5-6-14(9-13)21-20(23)12-24-15-7-8-19-17(10-15)16-3-1-2-4-18(16)25-19/h5-8,10,13-14,22H,1-4,9,11-12H2,(H,21,23)/t13-,14+/m0/s1. The smallest absolute Gasteiger partial charge is 0.258 e. The number of furan rings is 1. The Labute approximate surface area is 146 Å². The lowest BCUT2D eigenvalue weighted by Gasteiger charge is -2.13. The van der Waals surface area contributed by atoms with Gasteiger partial charge in [0.15, 0.2) is 6.61 Å². The number of benzene rings is 1. The van der Waals surface area contributed by atoms with E-state index in [1.807, 2.05) is 30.4 Å². The summed E-state index contributed by atoms with van der Waals surface area (Å²) in [5.74, 6) is 1.78. The van der Waals surface area contributed by atoms with Crippen molar-refractivity contribution in [2.75, 3.05) is 13.2 Å². The maximum atomic E-state index is 12.1. The van der Waals surface area contributed by atoms with E-state index in [2.05, 4.69) is 5.32 Å². The second kappa shape index (κ2) is 6.92. The van der Waals surface area contributed by atoms with Gasteiger partial charge in [-0.3, -0.25) is 4.79 Å². The van der Waals surface area contributed by atoms with E-state index in [9.17, 15) is 4.79 Å². The lowest BCUT2D eigenvalue weighted by Crippen LogP contribution is -2.36. The van der Waals surface area contributed by atoms with E-state index >= 15 is 0 Å². The first-order chi connectivity index (χ1) is 12.2. The highest BCUT2D eigenvalue weighted by molar-refractivity contribution is 5.84. The Kier molecular flexibility index (Phi) is 4.49. The van der Waals surface area contributed by atoms with E-state index in [1.165, 1.54) is 18.4 Å². The monoisotopic (exact) mass is 341 g/mol. The predicted molar refractivity (Wildman–Crippen MR) is 94.6 cm³/mol. The van der Waals surface area contributed by atoms with Crippen LogP contribution in [0.2, 0.25) is 0 Å². The number of nitrogens with one attached hydrogen (secondary N) is 1. The van der Waals surface area contributed by atoms with Gasteiger partial charge in [0, 0.05) is 35.9 Å². The zero-order valence-electron chi connectivity index (χ0n) is 14.2. The summed E-state index contributed by atoms with van der Waals surface area (Å²) in [5, 5.41) is 13.2. The molecule has 0 fully saturated rings. The summed E-state index contributed by atoms with van der Waals surface area (Å²) in [7, 11) is 0. The molecule has 2 aromatic rings. The van der Waals surface area contributed by atoms with Gasteiger partial charge in [0.2, 0.25) is 0 Å². The van der Waals surface area contributed by atoms with Crippen molar-refractivity contribution in [2.45, 2.75) is 38.1 Å². The zero-order valence-corrected chi connectivity index (χ0v) is 14.2. The van der Waals surface area contributed by atoms with E-state index < -0.39 is 0 Å². The van der Waals surface area contributed by atoms with Crippen LogP contribution in [0.25, 0.3) is 11.0 Å². The minimum atomic E-state index is -0.150. The molecular weight excluding hydrogens is 318 g/mol. The Morgan fingerprint density at radius 1 is 1.28 bits per heavy atom. The average Bonchev–Trinajstić information content (AvgIpc) is 3.23. The summed E-state index contributed by atoms with van der Waals surface area (Å²) < 4.78 is 11.6. The molecule has 2 aliphatic rings. The number of rotatable bonds is 5. The van der Waals surface area contributed by atoms with Gasteiger partial charge in [-0.25, -0.2) is 0 Å². The van der Waals surface area contributed by atoms with Crippen LogP contribution in [0.15, 0.2) is 34.8 Å². The molecule has 5 nitrogen and oxygen atoms in total. The Morgan fingerprint density at radius 3 is 3.00 bits per heavy atom. The predicted octanol–water partition coefficient (Wildman–Crippen LogP) is 2.74. The summed E-state index contributed by atoms with van der Waals surface area (Å²) in [4.78, 5) is 12.1. The quantitative estimate of drug-likeness (QED) is 0.821. The number of aliphatic hydroxyl groups excluding tert-OH is 1. The molecule has 0 spiro atoms. The molecule has 132 valence electrons. The van der Waals surface area contributed by atoms with Crippen molar-refractivity contribution in [1.82, 2.24) is 5.32 Å². The van der Waals surface area contributed by atoms with Crippen molar-refractivity contribution in [1.29, 1.82) is 0 Å². The second-order valence-electron chi connectivity index (χ2n) is 6.89. The molecule has 4 rings (SSSR count). The van der Waals surface area contributed by atoms with Crippen LogP contribution in [-0.4, -0.2) is 30.3 Å². The maximum absolute atomic E-state index is 12.1. The molecule has 5 heteroatoms. The highest BCUT2D eigenvalue weighted by atomic mass is 16.5. The van der Waals surface area contributed by atoms with Crippen LogP contribution in [0.3, 0.4) is 0 Å². The number of carbonyl (C=O) groups is 1. The molecule has 2 N–H and O–H groups in total. The molecule has 0 aliphatic heterocycles. The number of amides is 1. The van der Waals surface area contributed by atoms with E-state index in [0.29, 0.717) is 5.75 Å². The molecule has 0 saturated heterocycles. The van der Waals surface area contributed by atoms with Crippen molar-refractivity contribution in [3.05, 3.63) is 41.7 Å². The molecule has 1 aromatic heterocycles. The summed E-state index contributed by atoms with van der Waals surface area (Å²) in [5.41, 5.74) is 2.19. The third kappa shape index (κ3) is 3.42. The fourth-order valence-corrected chi connectivity index (χ4v) is 3.75. The molecule has 1 heterocycles. The fourth-order valence-electron chi connectivity index (χ4n) is 3.75. The Hall–Kier alpha value is -2.27. The summed E-state index contributed by atoms with van der Waals surface area (Å²) in [6, 6.07) is 5.73. The van der Waals surface area contributed by atoms with E-state index in [4.69, 9.17) is 14.3 Å². The molecule has 1 amide bonds. The van der Waals surface area contributed by atoms with Gasteiger partial charge >= 0.3 is 0 Å². The number of aliphatic hydroxyl groups is 1. The second-order valence-corrected chi connectivity index (χ2v) is 6.89. The van der Waals surface area contributed by atoms with E-state index in [0.717, 1.165) is 36.0 Å². The molecule has 1 aromatic carbocycles. The third-order valence-electron chi connectivity index (χ3n) is 5.05. The molecule has 2 aliphatic carbocycles. The molecular formula is C20H23NO4. The van der Waals surface area contributed by atoms with Gasteiger partial charge < -0.3 is 19.6 Å². The SMILES string of the molecule is O=C(COc1ccc2oc3c(c2c1)CCCC3)N[C@@H]1C=C[C@H](CO)C1. The van der Waals surface area contributed by atoms with Gasteiger partial charge in [-0.1, -0.05) is 12.2 Å². The first-order valence-electron chi connectivity index (χ1n) is 8.98. The number of fused-ring (bicyclic) bond motifs is 3. The Balaban J connectivity index is 1.38. The molecule has 2 atom stereocenters. The van der Waals surface area contributed by atoms with Gasteiger partial charge in [0.1, 0.15) is 17.1 Å². The van der Waals surface area contributed by atoms with Crippen molar-refractivity contribution in [3.8, 4) is 5.75 Å². The van der Waals surface area contributed by atoms with Crippen LogP contribution in [-0.2, 0) is 17.6 Å². The average molecular weight is 341 g/mol. The van der Waals surface area contributed by atoms with Crippen LogP contribution in [0.5, 0.6) is 5.75 Å².